The maximum absolute atomic E-state index is 11.9. The van der Waals surface area contributed by atoms with Gasteiger partial charge in [-0.3, -0.25) is 4.79 Å². The molecule has 0 aromatic heterocycles. The first-order valence-electron chi connectivity index (χ1n) is 6.38. The Balaban J connectivity index is 2.08. The van der Waals surface area contributed by atoms with Crippen LogP contribution in [0.3, 0.4) is 0 Å². The van der Waals surface area contributed by atoms with Crippen molar-refractivity contribution in [1.29, 1.82) is 0 Å². The molecule has 1 aliphatic rings. The Morgan fingerprint density at radius 1 is 1.53 bits per heavy atom. The molecule has 0 bridgehead atoms. The lowest BCUT2D eigenvalue weighted by atomic mass is 10.1. The van der Waals surface area contributed by atoms with Gasteiger partial charge in [0.05, 0.1) is 19.8 Å². The fraction of sp³-hybridized carbons (Fsp3) is 0.500. The van der Waals surface area contributed by atoms with Crippen molar-refractivity contribution in [3.8, 4) is 5.75 Å². The molecule has 0 spiro atoms. The van der Waals surface area contributed by atoms with Gasteiger partial charge >= 0.3 is 0 Å². The van der Waals surface area contributed by atoms with Crippen molar-refractivity contribution >= 4 is 5.91 Å². The molecule has 19 heavy (non-hydrogen) atoms. The van der Waals surface area contributed by atoms with E-state index in [1.54, 1.807) is 7.11 Å². The Labute approximate surface area is 113 Å². The van der Waals surface area contributed by atoms with Crippen molar-refractivity contribution in [2.75, 3.05) is 20.8 Å². The summed E-state index contributed by atoms with van der Waals surface area (Å²) >= 11 is 0. The summed E-state index contributed by atoms with van der Waals surface area (Å²) in [6, 6.07) is 5.30. The number of carbonyl (C=O) groups excluding carboxylic acids is 1. The van der Waals surface area contributed by atoms with Gasteiger partial charge in [0.1, 0.15) is 11.8 Å². The summed E-state index contributed by atoms with van der Waals surface area (Å²) in [5.41, 5.74) is 8.02. The number of hydrogen-bond acceptors (Lipinski definition) is 4. The lowest BCUT2D eigenvalue weighted by Gasteiger charge is -2.17. The Bertz CT molecular complexity index is 462. The third-order valence-corrected chi connectivity index (χ3v) is 3.45. The number of rotatable bonds is 5. The van der Waals surface area contributed by atoms with Crippen LogP contribution in [0.15, 0.2) is 18.2 Å². The molecule has 2 atom stereocenters. The summed E-state index contributed by atoms with van der Waals surface area (Å²) in [6.07, 6.45) is 1.78. The third kappa shape index (κ3) is 2.88. The number of hydrogen-bond donors (Lipinski definition) is 2. The zero-order valence-electron chi connectivity index (χ0n) is 11.3. The molecule has 3 N–H and O–H groups in total. The number of nitrogens with one attached hydrogen (secondary N) is 1. The van der Waals surface area contributed by atoms with Crippen LogP contribution in [0.2, 0.25) is 0 Å². The van der Waals surface area contributed by atoms with Crippen molar-refractivity contribution in [2.45, 2.75) is 24.9 Å². The van der Waals surface area contributed by atoms with Gasteiger partial charge in [0.2, 0.25) is 5.91 Å². The minimum absolute atomic E-state index is 0.0144. The van der Waals surface area contributed by atoms with E-state index >= 15 is 0 Å². The SMILES string of the molecule is COCC(N)C(=O)NC1CCc2c(OC)cccc21. The second-order valence-electron chi connectivity index (χ2n) is 4.69. The van der Waals surface area contributed by atoms with Crippen molar-refractivity contribution < 1.29 is 14.3 Å². The Morgan fingerprint density at radius 3 is 3.00 bits per heavy atom. The molecule has 0 aliphatic heterocycles. The maximum Gasteiger partial charge on any atom is 0.239 e. The number of carbonyl (C=O) groups is 1. The quantitative estimate of drug-likeness (QED) is 0.824. The largest absolute Gasteiger partial charge is 0.496 e. The second-order valence-corrected chi connectivity index (χ2v) is 4.69. The van der Waals surface area contributed by atoms with Crippen LogP contribution in [0, 0.1) is 0 Å². The topological polar surface area (TPSA) is 73.6 Å². The summed E-state index contributed by atoms with van der Waals surface area (Å²) < 4.78 is 10.2. The lowest BCUT2D eigenvalue weighted by molar-refractivity contribution is -0.124. The number of amides is 1. The molecule has 0 radical (unpaired) electrons. The van der Waals surface area contributed by atoms with Gasteiger partial charge in [-0.25, -0.2) is 0 Å². The van der Waals surface area contributed by atoms with Crippen LogP contribution >= 0.6 is 0 Å². The van der Waals surface area contributed by atoms with Gasteiger partial charge in [0.25, 0.3) is 0 Å². The molecule has 1 aromatic rings. The van der Waals surface area contributed by atoms with Crippen LogP contribution in [-0.2, 0) is 16.0 Å². The highest BCUT2D eigenvalue weighted by atomic mass is 16.5. The van der Waals surface area contributed by atoms with Gasteiger partial charge in [-0.1, -0.05) is 12.1 Å². The molecule has 0 heterocycles. The maximum atomic E-state index is 11.9. The second kappa shape index (κ2) is 6.04. The predicted molar refractivity (Wildman–Crippen MR) is 72.1 cm³/mol. The Morgan fingerprint density at radius 2 is 2.32 bits per heavy atom. The normalized spacial score (nSPS) is 18.8. The molecular weight excluding hydrogens is 244 g/mol. The molecular formula is C14H20N2O3. The first-order chi connectivity index (χ1) is 9.17. The average Bonchev–Trinajstić information content (AvgIpc) is 2.82. The summed E-state index contributed by atoms with van der Waals surface area (Å²) in [5.74, 6) is 0.706. The number of benzene rings is 1. The summed E-state index contributed by atoms with van der Waals surface area (Å²) in [5, 5.41) is 2.97. The molecule has 1 aromatic carbocycles. The van der Waals surface area contributed by atoms with Gasteiger partial charge in [0.15, 0.2) is 0 Å². The van der Waals surface area contributed by atoms with Gasteiger partial charge < -0.3 is 20.5 Å². The van der Waals surface area contributed by atoms with E-state index in [4.69, 9.17) is 15.2 Å². The highest BCUT2D eigenvalue weighted by Crippen LogP contribution is 2.36. The molecule has 5 heteroatoms. The molecule has 2 unspecified atom stereocenters. The number of fused-ring (bicyclic) bond motifs is 1. The van der Waals surface area contributed by atoms with Gasteiger partial charge in [-0.15, -0.1) is 0 Å². The lowest BCUT2D eigenvalue weighted by Crippen LogP contribution is -2.44. The highest BCUT2D eigenvalue weighted by Gasteiger charge is 2.27. The summed E-state index contributed by atoms with van der Waals surface area (Å²) in [4.78, 5) is 11.9. The van der Waals surface area contributed by atoms with E-state index in [-0.39, 0.29) is 18.6 Å². The van der Waals surface area contributed by atoms with Crippen molar-refractivity contribution in [3.05, 3.63) is 29.3 Å². The standard InChI is InChI=1S/C14H20N2O3/c1-18-8-11(15)14(17)16-12-7-6-10-9(12)4-3-5-13(10)19-2/h3-5,11-12H,6-8,15H2,1-2H3,(H,16,17). The molecule has 2 rings (SSSR count). The molecule has 0 saturated heterocycles. The molecule has 1 aliphatic carbocycles. The first-order valence-corrected chi connectivity index (χ1v) is 6.38. The van der Waals surface area contributed by atoms with E-state index in [1.165, 1.54) is 12.7 Å². The van der Waals surface area contributed by atoms with Crippen molar-refractivity contribution in [2.24, 2.45) is 5.73 Å². The first kappa shape index (κ1) is 13.8. The number of nitrogens with two attached hydrogens (primary N) is 1. The fourth-order valence-electron chi connectivity index (χ4n) is 2.50. The van der Waals surface area contributed by atoms with Crippen LogP contribution in [0.1, 0.15) is 23.6 Å². The van der Waals surface area contributed by atoms with Gasteiger partial charge in [0, 0.05) is 7.11 Å². The van der Waals surface area contributed by atoms with Crippen LogP contribution in [0.25, 0.3) is 0 Å². The van der Waals surface area contributed by atoms with Crippen LogP contribution < -0.4 is 15.8 Å². The van der Waals surface area contributed by atoms with Gasteiger partial charge in [-0.2, -0.15) is 0 Å². The molecule has 0 fully saturated rings. The van der Waals surface area contributed by atoms with E-state index < -0.39 is 6.04 Å². The molecule has 104 valence electrons. The van der Waals surface area contributed by atoms with Crippen LogP contribution in [0.4, 0.5) is 0 Å². The minimum Gasteiger partial charge on any atom is -0.496 e. The molecule has 5 nitrogen and oxygen atoms in total. The fourth-order valence-corrected chi connectivity index (χ4v) is 2.50. The van der Waals surface area contributed by atoms with E-state index in [2.05, 4.69) is 5.32 Å². The Kier molecular flexibility index (Phi) is 4.39. The van der Waals surface area contributed by atoms with Crippen molar-refractivity contribution in [1.82, 2.24) is 5.32 Å². The number of ether oxygens (including phenoxy) is 2. The van der Waals surface area contributed by atoms with Crippen molar-refractivity contribution in [3.63, 3.8) is 0 Å². The minimum atomic E-state index is -0.625. The zero-order chi connectivity index (χ0) is 13.8. The van der Waals surface area contributed by atoms with E-state index in [1.807, 2.05) is 18.2 Å². The predicted octanol–water partition coefficient (Wildman–Crippen LogP) is 0.772. The van der Waals surface area contributed by atoms with Crippen LogP contribution in [-0.4, -0.2) is 32.8 Å². The van der Waals surface area contributed by atoms with E-state index in [9.17, 15) is 4.79 Å². The molecule has 1 amide bonds. The molecule has 0 saturated carbocycles. The van der Waals surface area contributed by atoms with Gasteiger partial charge in [-0.05, 0) is 30.0 Å². The summed E-state index contributed by atoms with van der Waals surface area (Å²) in [7, 11) is 3.19. The third-order valence-electron chi connectivity index (χ3n) is 3.45. The number of methoxy groups -OCH3 is 2. The van der Waals surface area contributed by atoms with E-state index in [0.29, 0.717) is 0 Å². The average molecular weight is 264 g/mol. The highest BCUT2D eigenvalue weighted by molar-refractivity contribution is 5.82. The smallest absolute Gasteiger partial charge is 0.239 e. The Hall–Kier alpha value is -1.59. The zero-order valence-corrected chi connectivity index (χ0v) is 11.3. The monoisotopic (exact) mass is 264 g/mol. The van der Waals surface area contributed by atoms with E-state index in [0.717, 1.165) is 24.2 Å². The summed E-state index contributed by atoms with van der Waals surface area (Å²) in [6.45, 7) is 0.226. The van der Waals surface area contributed by atoms with Crippen LogP contribution in [0.5, 0.6) is 5.75 Å².